The molecule has 6 nitrogen and oxygen atoms in total. The number of aliphatic hydroxyl groups excluding tert-OH is 1. The minimum absolute atomic E-state index is 0.0745. The molecule has 0 aliphatic heterocycles. The van der Waals surface area contributed by atoms with Crippen LogP contribution in [-0.2, 0) is 0 Å². The van der Waals surface area contributed by atoms with Crippen LogP contribution in [0.2, 0.25) is 0 Å². The number of fused-ring (bicyclic) bond motifs is 1. The lowest BCUT2D eigenvalue weighted by molar-refractivity contribution is 0.0894. The van der Waals surface area contributed by atoms with Crippen LogP contribution in [0.1, 0.15) is 24.2 Å². The van der Waals surface area contributed by atoms with Gasteiger partial charge in [-0.05, 0) is 24.1 Å². The second-order valence-corrected chi connectivity index (χ2v) is 6.69. The Morgan fingerprint density at radius 3 is 2.74 bits per heavy atom. The highest BCUT2D eigenvalue weighted by atomic mass is 19.1. The SMILES string of the molecule is COc1cc2[nH]nc(-c3cccc(F)c3)c2cc1C(=O)N[C@H](CO)C(C)C. The van der Waals surface area contributed by atoms with Gasteiger partial charge in [0.05, 0.1) is 30.8 Å². The number of halogens is 1. The molecule has 3 aromatic rings. The molecule has 0 aliphatic rings. The van der Waals surface area contributed by atoms with Gasteiger partial charge in [-0.2, -0.15) is 5.10 Å². The summed E-state index contributed by atoms with van der Waals surface area (Å²) in [7, 11) is 1.48. The number of rotatable bonds is 6. The number of aromatic nitrogens is 2. The van der Waals surface area contributed by atoms with Gasteiger partial charge in [-0.25, -0.2) is 4.39 Å². The number of aliphatic hydroxyl groups is 1. The molecule has 1 heterocycles. The number of nitrogens with zero attached hydrogens (tertiary/aromatic N) is 1. The number of ether oxygens (including phenoxy) is 1. The number of carbonyl (C=O) groups is 1. The lowest BCUT2D eigenvalue weighted by Gasteiger charge is -2.20. The van der Waals surface area contributed by atoms with E-state index in [9.17, 15) is 14.3 Å². The number of amides is 1. The summed E-state index contributed by atoms with van der Waals surface area (Å²) in [5.41, 5.74) is 2.14. The van der Waals surface area contributed by atoms with Crippen molar-refractivity contribution in [3.8, 4) is 17.0 Å². The van der Waals surface area contributed by atoms with Gasteiger partial charge in [0.1, 0.15) is 17.3 Å². The first-order valence-electron chi connectivity index (χ1n) is 8.68. The number of methoxy groups -OCH3 is 1. The van der Waals surface area contributed by atoms with Crippen LogP contribution >= 0.6 is 0 Å². The molecule has 0 bridgehead atoms. The molecule has 0 spiro atoms. The third-order valence-electron chi connectivity index (χ3n) is 4.54. The second kappa shape index (κ2) is 7.75. The normalized spacial score (nSPS) is 12.4. The molecule has 0 unspecified atom stereocenters. The molecule has 1 amide bonds. The van der Waals surface area contributed by atoms with E-state index in [1.165, 1.54) is 19.2 Å². The molecule has 7 heteroatoms. The number of H-pyrrole nitrogens is 1. The molecule has 2 aromatic carbocycles. The molecule has 0 aliphatic carbocycles. The molecular formula is C20H22FN3O3. The monoisotopic (exact) mass is 371 g/mol. The van der Waals surface area contributed by atoms with Gasteiger partial charge in [0.2, 0.25) is 0 Å². The number of hydrogen-bond donors (Lipinski definition) is 3. The molecule has 1 atom stereocenters. The third kappa shape index (κ3) is 3.78. The number of aromatic amines is 1. The van der Waals surface area contributed by atoms with Gasteiger partial charge >= 0.3 is 0 Å². The van der Waals surface area contributed by atoms with E-state index < -0.39 is 0 Å². The second-order valence-electron chi connectivity index (χ2n) is 6.69. The van der Waals surface area contributed by atoms with Gasteiger partial charge in [0, 0.05) is 17.0 Å². The Morgan fingerprint density at radius 1 is 1.33 bits per heavy atom. The van der Waals surface area contributed by atoms with Crippen LogP contribution < -0.4 is 10.1 Å². The standard InChI is InChI=1S/C20H22FN3O3/c1-11(2)17(10-25)22-20(26)15-8-14-16(9-18(15)27-3)23-24-19(14)12-5-4-6-13(21)7-12/h4-9,11,17,25H,10H2,1-3H3,(H,22,26)(H,23,24)/t17-/m1/s1. The average molecular weight is 371 g/mol. The summed E-state index contributed by atoms with van der Waals surface area (Å²) in [6, 6.07) is 9.09. The maximum atomic E-state index is 13.6. The fraction of sp³-hybridized carbons (Fsp3) is 0.300. The fourth-order valence-electron chi connectivity index (χ4n) is 2.92. The maximum Gasteiger partial charge on any atom is 0.255 e. The minimum atomic E-state index is -0.370. The van der Waals surface area contributed by atoms with E-state index in [1.807, 2.05) is 13.8 Å². The molecule has 142 valence electrons. The van der Waals surface area contributed by atoms with Crippen molar-refractivity contribution in [2.45, 2.75) is 19.9 Å². The van der Waals surface area contributed by atoms with Crippen molar-refractivity contribution >= 4 is 16.8 Å². The van der Waals surface area contributed by atoms with Crippen molar-refractivity contribution in [2.75, 3.05) is 13.7 Å². The minimum Gasteiger partial charge on any atom is -0.496 e. The molecule has 0 saturated heterocycles. The molecule has 0 fully saturated rings. The fourth-order valence-corrected chi connectivity index (χ4v) is 2.92. The number of nitrogens with one attached hydrogen (secondary N) is 2. The molecule has 0 radical (unpaired) electrons. The quantitative estimate of drug-likeness (QED) is 0.621. The molecule has 27 heavy (non-hydrogen) atoms. The zero-order chi connectivity index (χ0) is 19.6. The average Bonchev–Trinajstić information content (AvgIpc) is 3.07. The van der Waals surface area contributed by atoms with Gasteiger partial charge in [0.15, 0.2) is 0 Å². The summed E-state index contributed by atoms with van der Waals surface area (Å²) in [5, 5.41) is 20.1. The van der Waals surface area contributed by atoms with E-state index in [0.717, 1.165) is 0 Å². The van der Waals surface area contributed by atoms with Crippen molar-refractivity contribution < 1.29 is 19.0 Å². The summed E-state index contributed by atoms with van der Waals surface area (Å²) in [4.78, 5) is 12.8. The van der Waals surface area contributed by atoms with Crippen LogP contribution in [0.15, 0.2) is 36.4 Å². The largest absolute Gasteiger partial charge is 0.496 e. The highest BCUT2D eigenvalue weighted by Gasteiger charge is 2.21. The Labute approximate surface area is 156 Å². The van der Waals surface area contributed by atoms with Crippen molar-refractivity contribution in [3.63, 3.8) is 0 Å². The molecule has 0 saturated carbocycles. The van der Waals surface area contributed by atoms with Crippen LogP contribution in [0.4, 0.5) is 4.39 Å². The van der Waals surface area contributed by atoms with Crippen molar-refractivity contribution in [1.29, 1.82) is 0 Å². The Kier molecular flexibility index (Phi) is 5.41. The Balaban J connectivity index is 2.07. The zero-order valence-electron chi connectivity index (χ0n) is 15.4. The van der Waals surface area contributed by atoms with Crippen LogP contribution in [0, 0.1) is 11.7 Å². The van der Waals surface area contributed by atoms with Crippen LogP contribution in [-0.4, -0.2) is 41.0 Å². The van der Waals surface area contributed by atoms with E-state index >= 15 is 0 Å². The Morgan fingerprint density at radius 2 is 2.11 bits per heavy atom. The van der Waals surface area contributed by atoms with Gasteiger partial charge in [-0.15, -0.1) is 0 Å². The topological polar surface area (TPSA) is 87.2 Å². The third-order valence-corrected chi connectivity index (χ3v) is 4.54. The van der Waals surface area contributed by atoms with Crippen LogP contribution in [0.25, 0.3) is 22.2 Å². The maximum absolute atomic E-state index is 13.6. The van der Waals surface area contributed by atoms with E-state index in [1.54, 1.807) is 24.3 Å². The molecule has 1 aromatic heterocycles. The van der Waals surface area contributed by atoms with Gasteiger partial charge in [0.25, 0.3) is 5.91 Å². The lowest BCUT2D eigenvalue weighted by Crippen LogP contribution is -2.41. The van der Waals surface area contributed by atoms with Gasteiger partial charge < -0.3 is 15.2 Å². The van der Waals surface area contributed by atoms with E-state index in [2.05, 4.69) is 15.5 Å². The van der Waals surface area contributed by atoms with Crippen molar-refractivity contribution in [3.05, 3.63) is 47.8 Å². The Hall–Kier alpha value is -2.93. The number of benzene rings is 2. The smallest absolute Gasteiger partial charge is 0.255 e. The van der Waals surface area contributed by atoms with E-state index in [4.69, 9.17) is 4.74 Å². The van der Waals surface area contributed by atoms with Crippen LogP contribution in [0.3, 0.4) is 0 Å². The van der Waals surface area contributed by atoms with E-state index in [0.29, 0.717) is 33.5 Å². The molecule has 3 rings (SSSR count). The summed E-state index contributed by atoms with van der Waals surface area (Å²) in [6.45, 7) is 3.67. The summed E-state index contributed by atoms with van der Waals surface area (Å²) < 4.78 is 19.0. The lowest BCUT2D eigenvalue weighted by atomic mass is 10.0. The first-order chi connectivity index (χ1) is 12.9. The predicted octanol–water partition coefficient (Wildman–Crippen LogP) is 3.12. The Bertz CT molecular complexity index is 968. The molecular weight excluding hydrogens is 349 g/mol. The predicted molar refractivity (Wildman–Crippen MR) is 101 cm³/mol. The van der Waals surface area contributed by atoms with Crippen molar-refractivity contribution in [1.82, 2.24) is 15.5 Å². The highest BCUT2D eigenvalue weighted by molar-refractivity contribution is 6.04. The molecule has 3 N–H and O–H groups in total. The van der Waals surface area contributed by atoms with Crippen molar-refractivity contribution in [2.24, 2.45) is 5.92 Å². The zero-order valence-corrected chi connectivity index (χ0v) is 15.4. The number of carbonyl (C=O) groups excluding carboxylic acids is 1. The summed E-state index contributed by atoms with van der Waals surface area (Å²) >= 11 is 0. The summed E-state index contributed by atoms with van der Waals surface area (Å²) in [5.74, 6) is -0.258. The first-order valence-corrected chi connectivity index (χ1v) is 8.68. The van der Waals surface area contributed by atoms with Gasteiger partial charge in [-0.1, -0.05) is 26.0 Å². The van der Waals surface area contributed by atoms with Gasteiger partial charge in [-0.3, -0.25) is 9.89 Å². The summed E-state index contributed by atoms with van der Waals surface area (Å²) in [6.07, 6.45) is 0. The number of hydrogen-bond acceptors (Lipinski definition) is 4. The highest BCUT2D eigenvalue weighted by Crippen LogP contribution is 2.32. The van der Waals surface area contributed by atoms with Crippen LogP contribution in [0.5, 0.6) is 5.75 Å². The van der Waals surface area contributed by atoms with E-state index in [-0.39, 0.29) is 30.3 Å². The first kappa shape index (κ1) is 18.8.